The molecule has 0 spiro atoms. The number of amides is 2. The highest BCUT2D eigenvalue weighted by Crippen LogP contribution is 2.21. The Bertz CT molecular complexity index is 1040. The third kappa shape index (κ3) is 4.92. The molecule has 0 atom stereocenters. The number of methoxy groups -OCH3 is 1. The summed E-state index contributed by atoms with van der Waals surface area (Å²) in [6.07, 6.45) is 1.99. The molecule has 1 N–H and O–H groups in total. The van der Waals surface area contributed by atoms with Gasteiger partial charge in [0.05, 0.1) is 38.6 Å². The average molecular weight is 420 g/mol. The zero-order chi connectivity index (χ0) is 21.6. The number of anilines is 1. The van der Waals surface area contributed by atoms with Gasteiger partial charge in [-0.1, -0.05) is 30.3 Å². The Labute approximate surface area is 180 Å². The number of hydrogen-bond donors (Lipinski definition) is 1. The van der Waals surface area contributed by atoms with Gasteiger partial charge in [-0.2, -0.15) is 5.10 Å². The van der Waals surface area contributed by atoms with Crippen LogP contribution in [0.1, 0.15) is 16.1 Å². The first-order chi connectivity index (χ1) is 15.1. The first-order valence-electron chi connectivity index (χ1n) is 10.1. The first kappa shape index (κ1) is 20.6. The van der Waals surface area contributed by atoms with E-state index < -0.39 is 0 Å². The molecule has 3 aromatic rings. The van der Waals surface area contributed by atoms with Gasteiger partial charge in [-0.15, -0.1) is 0 Å². The minimum absolute atomic E-state index is 0.0799. The van der Waals surface area contributed by atoms with Gasteiger partial charge in [-0.05, 0) is 29.8 Å². The molecule has 1 aromatic heterocycles. The van der Waals surface area contributed by atoms with Crippen molar-refractivity contribution in [3.63, 3.8) is 0 Å². The number of ether oxygens (including phenoxy) is 2. The smallest absolute Gasteiger partial charge is 0.280 e. The number of rotatable bonds is 6. The molecule has 0 radical (unpaired) electrons. The summed E-state index contributed by atoms with van der Waals surface area (Å²) in [5, 5.41) is 7.21. The van der Waals surface area contributed by atoms with E-state index >= 15 is 0 Å². The Morgan fingerprint density at radius 1 is 1.06 bits per heavy atom. The van der Waals surface area contributed by atoms with Crippen LogP contribution in [0, 0.1) is 0 Å². The van der Waals surface area contributed by atoms with Crippen molar-refractivity contribution in [3.05, 3.63) is 72.1 Å². The maximum Gasteiger partial charge on any atom is 0.280 e. The predicted octanol–water partition coefficient (Wildman–Crippen LogP) is 2.53. The van der Waals surface area contributed by atoms with E-state index in [0.29, 0.717) is 44.2 Å². The molecule has 0 bridgehead atoms. The fourth-order valence-corrected chi connectivity index (χ4v) is 3.37. The van der Waals surface area contributed by atoms with E-state index in [9.17, 15) is 9.59 Å². The van der Waals surface area contributed by atoms with Gasteiger partial charge in [0.15, 0.2) is 11.4 Å². The molecule has 1 aliphatic rings. The SMILES string of the molecule is COc1cn(-c2ccccc2)nc1C(=O)Nc1ccc(CC(=O)N2CCOCC2)cc1. The second kappa shape index (κ2) is 9.44. The van der Waals surface area contributed by atoms with E-state index in [2.05, 4.69) is 10.4 Å². The maximum atomic E-state index is 12.8. The first-order valence-corrected chi connectivity index (χ1v) is 10.1. The van der Waals surface area contributed by atoms with Crippen LogP contribution in [0.5, 0.6) is 5.75 Å². The van der Waals surface area contributed by atoms with Gasteiger partial charge < -0.3 is 19.7 Å². The van der Waals surface area contributed by atoms with Gasteiger partial charge in [0.2, 0.25) is 5.91 Å². The Hall–Kier alpha value is -3.65. The lowest BCUT2D eigenvalue weighted by Gasteiger charge is -2.26. The molecular formula is C23H24N4O4. The Balaban J connectivity index is 1.42. The van der Waals surface area contributed by atoms with E-state index in [0.717, 1.165) is 11.3 Å². The Morgan fingerprint density at radius 2 is 1.77 bits per heavy atom. The number of aromatic nitrogens is 2. The summed E-state index contributed by atoms with van der Waals surface area (Å²) < 4.78 is 12.2. The molecule has 4 rings (SSSR count). The van der Waals surface area contributed by atoms with Crippen molar-refractivity contribution in [2.75, 3.05) is 38.7 Å². The highest BCUT2D eigenvalue weighted by atomic mass is 16.5. The lowest BCUT2D eigenvalue weighted by molar-refractivity contribution is -0.134. The minimum Gasteiger partial charge on any atom is -0.493 e. The van der Waals surface area contributed by atoms with Gasteiger partial charge >= 0.3 is 0 Å². The topological polar surface area (TPSA) is 85.7 Å². The maximum absolute atomic E-state index is 12.8. The number of nitrogens with zero attached hydrogens (tertiary/aromatic N) is 3. The van der Waals surface area contributed by atoms with Crippen LogP contribution >= 0.6 is 0 Å². The van der Waals surface area contributed by atoms with E-state index in [4.69, 9.17) is 9.47 Å². The summed E-state index contributed by atoms with van der Waals surface area (Å²) in [5.41, 5.74) is 2.52. The summed E-state index contributed by atoms with van der Waals surface area (Å²) >= 11 is 0. The number of para-hydroxylation sites is 1. The van der Waals surface area contributed by atoms with Crippen molar-refractivity contribution in [2.45, 2.75) is 6.42 Å². The molecule has 8 nitrogen and oxygen atoms in total. The van der Waals surface area contributed by atoms with E-state index in [1.54, 1.807) is 23.0 Å². The molecule has 2 heterocycles. The number of carbonyl (C=O) groups is 2. The predicted molar refractivity (Wildman–Crippen MR) is 116 cm³/mol. The van der Waals surface area contributed by atoms with Crippen LogP contribution in [-0.4, -0.2) is 59.9 Å². The minimum atomic E-state index is -0.372. The fraction of sp³-hybridized carbons (Fsp3) is 0.261. The van der Waals surface area contributed by atoms with Crippen molar-refractivity contribution < 1.29 is 19.1 Å². The molecule has 1 fully saturated rings. The van der Waals surface area contributed by atoms with Crippen molar-refractivity contribution in [3.8, 4) is 11.4 Å². The summed E-state index contributed by atoms with van der Waals surface area (Å²) in [6, 6.07) is 16.7. The van der Waals surface area contributed by atoms with Gasteiger partial charge in [0, 0.05) is 18.8 Å². The lowest BCUT2D eigenvalue weighted by Crippen LogP contribution is -2.41. The van der Waals surface area contributed by atoms with Crippen molar-refractivity contribution in [2.24, 2.45) is 0 Å². The summed E-state index contributed by atoms with van der Waals surface area (Å²) in [5.74, 6) is 0.0917. The van der Waals surface area contributed by atoms with Gasteiger partial charge in [0.1, 0.15) is 0 Å². The van der Waals surface area contributed by atoms with Crippen molar-refractivity contribution >= 4 is 17.5 Å². The summed E-state index contributed by atoms with van der Waals surface area (Å²) in [4.78, 5) is 27.0. The van der Waals surface area contributed by atoms with Gasteiger partial charge in [-0.3, -0.25) is 9.59 Å². The van der Waals surface area contributed by atoms with Gasteiger partial charge in [0.25, 0.3) is 5.91 Å². The molecule has 160 valence electrons. The van der Waals surface area contributed by atoms with Crippen molar-refractivity contribution in [1.82, 2.24) is 14.7 Å². The molecular weight excluding hydrogens is 396 g/mol. The summed E-state index contributed by atoms with van der Waals surface area (Å²) in [6.45, 7) is 2.43. The third-order valence-corrected chi connectivity index (χ3v) is 5.07. The quantitative estimate of drug-likeness (QED) is 0.662. The number of benzene rings is 2. The second-order valence-electron chi connectivity index (χ2n) is 7.15. The van der Waals surface area contributed by atoms with Crippen molar-refractivity contribution in [1.29, 1.82) is 0 Å². The number of carbonyl (C=O) groups excluding carboxylic acids is 2. The highest BCUT2D eigenvalue weighted by molar-refractivity contribution is 6.04. The lowest BCUT2D eigenvalue weighted by atomic mass is 10.1. The molecule has 8 heteroatoms. The molecule has 2 aromatic carbocycles. The summed E-state index contributed by atoms with van der Waals surface area (Å²) in [7, 11) is 1.50. The van der Waals surface area contributed by atoms with Crippen LogP contribution in [0.25, 0.3) is 5.69 Å². The number of nitrogens with one attached hydrogen (secondary N) is 1. The van der Waals surface area contributed by atoms with Gasteiger partial charge in [-0.25, -0.2) is 4.68 Å². The molecule has 31 heavy (non-hydrogen) atoms. The fourth-order valence-electron chi connectivity index (χ4n) is 3.37. The van der Waals surface area contributed by atoms with Crippen LogP contribution < -0.4 is 10.1 Å². The van der Waals surface area contributed by atoms with Crippen LogP contribution in [-0.2, 0) is 16.0 Å². The average Bonchev–Trinajstić information content (AvgIpc) is 3.26. The molecule has 1 saturated heterocycles. The number of morpholine rings is 1. The van der Waals surface area contributed by atoms with Crippen LogP contribution in [0.15, 0.2) is 60.8 Å². The molecule has 0 aliphatic carbocycles. The zero-order valence-corrected chi connectivity index (χ0v) is 17.3. The number of hydrogen-bond acceptors (Lipinski definition) is 5. The Morgan fingerprint density at radius 3 is 2.45 bits per heavy atom. The standard InChI is InChI=1S/C23H24N4O4/c1-30-20-16-27(19-5-3-2-4-6-19)25-22(20)23(29)24-18-9-7-17(8-10-18)15-21(28)26-11-13-31-14-12-26/h2-10,16H,11-15H2,1H3,(H,24,29). The van der Waals surface area contributed by atoms with E-state index in [-0.39, 0.29) is 17.5 Å². The molecule has 0 saturated carbocycles. The van der Waals surface area contributed by atoms with Crippen LogP contribution in [0.3, 0.4) is 0 Å². The Kier molecular flexibility index (Phi) is 6.28. The highest BCUT2D eigenvalue weighted by Gasteiger charge is 2.19. The molecule has 1 aliphatic heterocycles. The van der Waals surface area contributed by atoms with Crippen LogP contribution in [0.2, 0.25) is 0 Å². The molecule has 2 amide bonds. The second-order valence-corrected chi connectivity index (χ2v) is 7.15. The van der Waals surface area contributed by atoms with E-state index in [1.165, 1.54) is 7.11 Å². The third-order valence-electron chi connectivity index (χ3n) is 5.07. The largest absolute Gasteiger partial charge is 0.493 e. The monoisotopic (exact) mass is 420 g/mol. The zero-order valence-electron chi connectivity index (χ0n) is 17.3. The van der Waals surface area contributed by atoms with E-state index in [1.807, 2.05) is 47.4 Å². The normalized spacial score (nSPS) is 13.6. The molecule has 0 unspecified atom stereocenters. The van der Waals surface area contributed by atoms with Crippen LogP contribution in [0.4, 0.5) is 5.69 Å².